The summed E-state index contributed by atoms with van der Waals surface area (Å²) < 4.78 is 34.9. The monoisotopic (exact) mass is 436 g/mol. The Morgan fingerprint density at radius 1 is 1.24 bits per heavy atom. The van der Waals surface area contributed by atoms with Crippen LogP contribution in [0.25, 0.3) is 17.3 Å². The third-order valence-electron chi connectivity index (χ3n) is 3.73. The van der Waals surface area contributed by atoms with Gasteiger partial charge in [-0.15, -0.1) is 11.3 Å². The summed E-state index contributed by atoms with van der Waals surface area (Å²) in [4.78, 5) is 16.6. The third kappa shape index (κ3) is 5.30. The molecule has 0 bridgehead atoms. The zero-order valence-electron chi connectivity index (χ0n) is 15.1. The van der Waals surface area contributed by atoms with Crippen LogP contribution in [0.3, 0.4) is 0 Å². The number of hydrogen-bond donors (Lipinski definition) is 1. The molecule has 0 unspecified atom stereocenters. The van der Waals surface area contributed by atoms with E-state index in [0.717, 1.165) is 5.56 Å². The average Bonchev–Trinajstić information content (AvgIpc) is 3.15. The van der Waals surface area contributed by atoms with Crippen molar-refractivity contribution in [3.63, 3.8) is 0 Å². The molecule has 1 amide bonds. The molecule has 0 atom stereocenters. The van der Waals surface area contributed by atoms with Crippen molar-refractivity contribution in [2.45, 2.75) is 6.61 Å². The molecule has 1 heterocycles. The second-order valence-corrected chi connectivity index (χ2v) is 6.86. The summed E-state index contributed by atoms with van der Waals surface area (Å²) in [5.41, 5.74) is 1.67. The molecule has 0 saturated carbocycles. The van der Waals surface area contributed by atoms with Crippen LogP contribution in [0.15, 0.2) is 53.9 Å². The van der Waals surface area contributed by atoms with Crippen LogP contribution >= 0.6 is 22.9 Å². The van der Waals surface area contributed by atoms with Crippen LogP contribution in [0.1, 0.15) is 5.56 Å². The molecule has 3 aromatic rings. The molecule has 29 heavy (non-hydrogen) atoms. The Balaban J connectivity index is 1.73. The normalized spacial score (nSPS) is 11.1. The van der Waals surface area contributed by atoms with Crippen LogP contribution in [-0.2, 0) is 4.79 Å². The molecule has 150 valence electrons. The van der Waals surface area contributed by atoms with E-state index < -0.39 is 12.5 Å². The van der Waals surface area contributed by atoms with Crippen molar-refractivity contribution in [2.75, 3.05) is 12.4 Å². The molecule has 9 heteroatoms. The highest BCUT2D eigenvalue weighted by atomic mass is 35.5. The highest BCUT2D eigenvalue weighted by Gasteiger charge is 2.14. The number of hydrogen-bond acceptors (Lipinski definition) is 5. The number of benzene rings is 2. The van der Waals surface area contributed by atoms with E-state index >= 15 is 0 Å². The second-order valence-electron chi connectivity index (χ2n) is 5.60. The van der Waals surface area contributed by atoms with Crippen LogP contribution in [0.4, 0.5) is 13.9 Å². The fourth-order valence-corrected chi connectivity index (χ4v) is 3.42. The first-order valence-corrected chi connectivity index (χ1v) is 9.55. The lowest BCUT2D eigenvalue weighted by molar-refractivity contribution is -0.111. The number of aromatic nitrogens is 1. The maximum atomic E-state index is 12.7. The molecular formula is C20H15ClF2N2O3S. The fourth-order valence-electron chi connectivity index (χ4n) is 2.48. The van der Waals surface area contributed by atoms with Crippen LogP contribution < -0.4 is 14.8 Å². The van der Waals surface area contributed by atoms with Gasteiger partial charge in [0.05, 0.1) is 12.8 Å². The number of alkyl halides is 2. The number of nitrogens with zero attached hydrogens (tertiary/aromatic N) is 1. The first-order valence-electron chi connectivity index (χ1n) is 8.29. The number of thiazole rings is 1. The van der Waals surface area contributed by atoms with Crippen molar-refractivity contribution in [2.24, 2.45) is 0 Å². The van der Waals surface area contributed by atoms with Crippen molar-refractivity contribution in [3.05, 3.63) is 64.5 Å². The molecule has 3 rings (SSSR count). The standard InChI is InChI=1S/C20H15ClF2N2O3S/c1-27-16-8-4-5-12(18(16)28-19(22)23)9-10-17(26)25-20-24-15(11-29-20)13-6-2-3-7-14(13)21/h2-11,19H,1H3,(H,24,25,26)/b10-9+. The van der Waals surface area contributed by atoms with Crippen molar-refractivity contribution >= 4 is 40.1 Å². The van der Waals surface area contributed by atoms with Crippen LogP contribution in [-0.4, -0.2) is 24.6 Å². The number of carbonyl (C=O) groups is 1. The zero-order chi connectivity index (χ0) is 20.8. The predicted octanol–water partition coefficient (Wildman–Crippen LogP) is 5.73. The summed E-state index contributed by atoms with van der Waals surface area (Å²) in [6.07, 6.45) is 2.56. The predicted molar refractivity (Wildman–Crippen MR) is 110 cm³/mol. The molecule has 0 aliphatic rings. The van der Waals surface area contributed by atoms with E-state index in [1.807, 2.05) is 18.2 Å². The largest absolute Gasteiger partial charge is 0.493 e. The number of ether oxygens (including phenoxy) is 2. The van der Waals surface area contributed by atoms with Gasteiger partial charge < -0.3 is 9.47 Å². The fraction of sp³-hybridized carbons (Fsp3) is 0.100. The maximum absolute atomic E-state index is 12.7. The van der Waals surface area contributed by atoms with Gasteiger partial charge in [-0.2, -0.15) is 8.78 Å². The first-order chi connectivity index (χ1) is 14.0. The van der Waals surface area contributed by atoms with Gasteiger partial charge in [0.25, 0.3) is 0 Å². The number of methoxy groups -OCH3 is 1. The highest BCUT2D eigenvalue weighted by molar-refractivity contribution is 7.14. The number of halogens is 3. The molecule has 0 saturated heterocycles. The van der Waals surface area contributed by atoms with Gasteiger partial charge in [-0.1, -0.05) is 41.9 Å². The van der Waals surface area contributed by atoms with E-state index in [-0.39, 0.29) is 17.1 Å². The third-order valence-corrected chi connectivity index (χ3v) is 4.82. The van der Waals surface area contributed by atoms with E-state index in [0.29, 0.717) is 15.8 Å². The molecule has 1 N–H and O–H groups in total. The minimum absolute atomic E-state index is 0.136. The number of amides is 1. The van der Waals surface area contributed by atoms with Gasteiger partial charge in [0.1, 0.15) is 0 Å². The van der Waals surface area contributed by atoms with Gasteiger partial charge in [-0.05, 0) is 18.2 Å². The Hall–Kier alpha value is -2.97. The van der Waals surface area contributed by atoms with Crippen molar-refractivity contribution in [3.8, 4) is 22.8 Å². The number of rotatable bonds is 7. The Kier molecular flexibility index (Phi) is 6.79. The van der Waals surface area contributed by atoms with Crippen molar-refractivity contribution < 1.29 is 23.0 Å². The molecule has 5 nitrogen and oxygen atoms in total. The highest BCUT2D eigenvalue weighted by Crippen LogP contribution is 2.33. The SMILES string of the molecule is COc1cccc(/C=C/C(=O)Nc2nc(-c3ccccc3Cl)cs2)c1OC(F)F. The summed E-state index contributed by atoms with van der Waals surface area (Å²) in [5.74, 6) is -0.489. The summed E-state index contributed by atoms with van der Waals surface area (Å²) >= 11 is 7.40. The molecule has 0 aliphatic heterocycles. The summed E-state index contributed by atoms with van der Waals surface area (Å²) in [5, 5.41) is 5.34. The lowest BCUT2D eigenvalue weighted by atomic mass is 10.1. The topological polar surface area (TPSA) is 60.5 Å². The van der Waals surface area contributed by atoms with Crippen molar-refractivity contribution in [1.82, 2.24) is 4.98 Å². The Morgan fingerprint density at radius 3 is 2.76 bits per heavy atom. The first kappa shape index (κ1) is 20.8. The van der Waals surface area contributed by atoms with E-state index in [9.17, 15) is 13.6 Å². The van der Waals surface area contributed by atoms with E-state index in [4.69, 9.17) is 16.3 Å². The minimum Gasteiger partial charge on any atom is -0.493 e. The molecule has 0 spiro atoms. The van der Waals surface area contributed by atoms with Crippen LogP contribution in [0.2, 0.25) is 5.02 Å². The Morgan fingerprint density at radius 2 is 2.03 bits per heavy atom. The molecule has 0 aliphatic carbocycles. The van der Waals surface area contributed by atoms with E-state index in [2.05, 4.69) is 15.0 Å². The second kappa shape index (κ2) is 9.49. The van der Waals surface area contributed by atoms with Gasteiger partial charge >= 0.3 is 6.61 Å². The molecule has 0 radical (unpaired) electrons. The lowest BCUT2D eigenvalue weighted by Gasteiger charge is -2.12. The molecule has 0 fully saturated rings. The Labute approximate surface area is 174 Å². The quantitative estimate of drug-likeness (QED) is 0.481. The Bertz CT molecular complexity index is 1040. The summed E-state index contributed by atoms with van der Waals surface area (Å²) in [6, 6.07) is 11.9. The zero-order valence-corrected chi connectivity index (χ0v) is 16.6. The lowest BCUT2D eigenvalue weighted by Crippen LogP contribution is -2.08. The smallest absolute Gasteiger partial charge is 0.387 e. The van der Waals surface area contributed by atoms with Crippen molar-refractivity contribution in [1.29, 1.82) is 0 Å². The van der Waals surface area contributed by atoms with Crippen LogP contribution in [0.5, 0.6) is 11.5 Å². The van der Waals surface area contributed by atoms with E-state index in [1.54, 1.807) is 17.5 Å². The van der Waals surface area contributed by atoms with Gasteiger partial charge in [-0.3, -0.25) is 10.1 Å². The number of para-hydroxylation sites is 1. The van der Waals surface area contributed by atoms with E-state index in [1.165, 1.54) is 42.7 Å². The maximum Gasteiger partial charge on any atom is 0.387 e. The average molecular weight is 437 g/mol. The number of nitrogens with one attached hydrogen (secondary N) is 1. The van der Waals surface area contributed by atoms with Gasteiger partial charge in [0.2, 0.25) is 5.91 Å². The molecule has 2 aromatic carbocycles. The number of anilines is 1. The molecule has 1 aromatic heterocycles. The summed E-state index contributed by atoms with van der Waals surface area (Å²) in [7, 11) is 1.34. The van der Waals surface area contributed by atoms with Gasteiger partial charge in [-0.25, -0.2) is 4.98 Å². The number of carbonyl (C=O) groups excluding carboxylic acids is 1. The van der Waals surface area contributed by atoms with Gasteiger partial charge in [0.15, 0.2) is 16.6 Å². The van der Waals surface area contributed by atoms with Gasteiger partial charge in [0, 0.05) is 27.6 Å². The molecular weight excluding hydrogens is 422 g/mol. The van der Waals surface area contributed by atoms with Crippen LogP contribution in [0, 0.1) is 0 Å². The summed E-state index contributed by atoms with van der Waals surface area (Å²) in [6.45, 7) is -3.02. The minimum atomic E-state index is -3.02.